The van der Waals surface area contributed by atoms with Gasteiger partial charge in [0.1, 0.15) is 13.7 Å². The van der Waals surface area contributed by atoms with Gasteiger partial charge in [0.25, 0.3) is 0 Å². The van der Waals surface area contributed by atoms with Crippen molar-refractivity contribution in [3.05, 3.63) is 103 Å². The van der Waals surface area contributed by atoms with Crippen LogP contribution in [0.2, 0.25) is 0 Å². The fraction of sp³-hybridized carbons (Fsp3) is 0.0800. The fourth-order valence-corrected chi connectivity index (χ4v) is 5.91. The van der Waals surface area contributed by atoms with Crippen LogP contribution in [0.4, 0.5) is 0 Å². The van der Waals surface area contributed by atoms with E-state index in [2.05, 4.69) is 110 Å². The Labute approximate surface area is 156 Å². The molecule has 4 rings (SSSR count). The molecule has 126 valence electrons. The van der Waals surface area contributed by atoms with Gasteiger partial charge in [0.2, 0.25) is 0 Å². The Balaban J connectivity index is 2.01. The van der Waals surface area contributed by atoms with Crippen molar-refractivity contribution in [1.29, 1.82) is 0 Å². The second-order valence-corrected chi connectivity index (χ2v) is 8.81. The average Bonchev–Trinajstić information content (AvgIpc) is 2.74. The van der Waals surface area contributed by atoms with Gasteiger partial charge in [-0.3, -0.25) is 0 Å². The first-order valence-corrected chi connectivity index (χ1v) is 10.6. The zero-order valence-electron chi connectivity index (χ0n) is 15.0. The van der Waals surface area contributed by atoms with E-state index in [9.17, 15) is 0 Å². The first-order valence-electron chi connectivity index (χ1n) is 9.11. The Morgan fingerprint density at radius 2 is 0.885 bits per heavy atom. The Hall–Kier alpha value is -2.69. The van der Waals surface area contributed by atoms with Crippen LogP contribution in [0.15, 0.2) is 103 Å². The van der Waals surface area contributed by atoms with Gasteiger partial charge >= 0.3 is 0 Å². The van der Waals surface area contributed by atoms with E-state index < -0.39 is 0 Å². The summed E-state index contributed by atoms with van der Waals surface area (Å²) in [4.78, 5) is 0. The van der Waals surface area contributed by atoms with E-state index in [0.717, 1.165) is 6.16 Å². The summed E-state index contributed by atoms with van der Waals surface area (Å²) in [6.07, 6.45) is 1.15. The molecule has 0 bridgehead atoms. The van der Waals surface area contributed by atoms with Crippen molar-refractivity contribution in [3.8, 4) is 32.8 Å². The van der Waals surface area contributed by atoms with Gasteiger partial charge in [0, 0.05) is 11.1 Å². The molecule has 0 atom stereocenters. The average molecular weight is 353 g/mol. The van der Waals surface area contributed by atoms with Gasteiger partial charge in [-0.1, -0.05) is 91.0 Å². The third kappa shape index (κ3) is 3.34. The fourth-order valence-electron chi connectivity index (χ4n) is 3.46. The molecule has 0 spiro atoms. The number of benzene rings is 3. The van der Waals surface area contributed by atoms with Crippen LogP contribution in [0.25, 0.3) is 32.8 Å². The van der Waals surface area contributed by atoms with Gasteiger partial charge in [-0.05, 0) is 30.2 Å². The van der Waals surface area contributed by atoms with Crippen LogP contribution in [0.5, 0.6) is 0 Å². The van der Waals surface area contributed by atoms with Crippen LogP contribution in [0.1, 0.15) is 6.92 Å². The SMILES string of the molecule is CC[p+]1c(-c2ccccc2)cc(-c2ccccc2)cc1-c1ccccc1. The Kier molecular flexibility index (Phi) is 4.95. The van der Waals surface area contributed by atoms with Gasteiger partial charge in [0.15, 0.2) is 10.6 Å². The van der Waals surface area contributed by atoms with Gasteiger partial charge < -0.3 is 0 Å². The normalized spacial score (nSPS) is 10.7. The first-order chi connectivity index (χ1) is 12.9. The monoisotopic (exact) mass is 353 g/mol. The largest absolute Gasteiger partial charge is 0.156 e. The first kappa shape index (κ1) is 16.8. The highest BCUT2D eigenvalue weighted by Crippen LogP contribution is 2.51. The molecule has 26 heavy (non-hydrogen) atoms. The van der Waals surface area contributed by atoms with E-state index in [1.54, 1.807) is 0 Å². The second kappa shape index (κ2) is 7.68. The summed E-state index contributed by atoms with van der Waals surface area (Å²) in [5.74, 6) is 0. The minimum absolute atomic E-state index is 0.365. The van der Waals surface area contributed by atoms with Crippen molar-refractivity contribution < 1.29 is 0 Å². The molecule has 4 aromatic rings. The second-order valence-electron chi connectivity index (χ2n) is 6.36. The van der Waals surface area contributed by atoms with Gasteiger partial charge in [-0.15, -0.1) is 0 Å². The summed E-state index contributed by atoms with van der Waals surface area (Å²) in [6, 6.07) is 37.3. The molecule has 1 aromatic heterocycles. The van der Waals surface area contributed by atoms with Crippen LogP contribution in [-0.2, 0) is 6.16 Å². The minimum atomic E-state index is -0.365. The van der Waals surface area contributed by atoms with E-state index >= 15 is 0 Å². The highest BCUT2D eigenvalue weighted by molar-refractivity contribution is 7.55. The van der Waals surface area contributed by atoms with Crippen LogP contribution in [0, 0.1) is 0 Å². The van der Waals surface area contributed by atoms with Crippen LogP contribution in [0.3, 0.4) is 0 Å². The smallest absolute Gasteiger partial charge is 0.0622 e. The molecule has 0 saturated carbocycles. The third-order valence-electron chi connectivity index (χ3n) is 4.73. The molecule has 0 aliphatic carbocycles. The van der Waals surface area contributed by atoms with Crippen molar-refractivity contribution in [2.24, 2.45) is 0 Å². The molecule has 0 radical (unpaired) electrons. The predicted molar refractivity (Wildman–Crippen MR) is 116 cm³/mol. The van der Waals surface area contributed by atoms with Crippen molar-refractivity contribution in [1.82, 2.24) is 0 Å². The summed E-state index contributed by atoms with van der Waals surface area (Å²) in [5.41, 5.74) is 5.27. The third-order valence-corrected chi connectivity index (χ3v) is 7.30. The number of hydrogen-bond donors (Lipinski definition) is 0. The lowest BCUT2D eigenvalue weighted by atomic mass is 10.0. The van der Waals surface area contributed by atoms with Gasteiger partial charge in [-0.2, -0.15) is 0 Å². The van der Waals surface area contributed by atoms with E-state index in [-0.39, 0.29) is 7.53 Å². The summed E-state index contributed by atoms with van der Waals surface area (Å²) in [6.45, 7) is 2.31. The van der Waals surface area contributed by atoms with Crippen molar-refractivity contribution >= 4 is 7.53 Å². The topological polar surface area (TPSA) is 0 Å². The van der Waals surface area contributed by atoms with Crippen LogP contribution in [-0.4, -0.2) is 0 Å². The maximum atomic E-state index is 2.41. The Bertz CT molecular complexity index is 929. The predicted octanol–water partition coefficient (Wildman–Crippen LogP) is 7.98. The van der Waals surface area contributed by atoms with Crippen molar-refractivity contribution in [3.63, 3.8) is 0 Å². The zero-order chi connectivity index (χ0) is 17.8. The van der Waals surface area contributed by atoms with Crippen molar-refractivity contribution in [2.75, 3.05) is 0 Å². The van der Waals surface area contributed by atoms with Crippen LogP contribution < -0.4 is 0 Å². The highest BCUT2D eigenvalue weighted by Gasteiger charge is 2.23. The molecule has 0 fully saturated rings. The molecule has 0 saturated heterocycles. The Morgan fingerprint density at radius 3 is 1.27 bits per heavy atom. The number of rotatable bonds is 4. The zero-order valence-corrected chi connectivity index (χ0v) is 15.9. The summed E-state index contributed by atoms with van der Waals surface area (Å²) >= 11 is 0. The van der Waals surface area contributed by atoms with Gasteiger partial charge in [-0.25, -0.2) is 0 Å². The maximum absolute atomic E-state index is 2.41. The molecule has 1 heteroatoms. The quantitative estimate of drug-likeness (QED) is 0.349. The van der Waals surface area contributed by atoms with E-state index in [4.69, 9.17) is 0 Å². The van der Waals surface area contributed by atoms with E-state index in [0.29, 0.717) is 0 Å². The molecule has 0 unspecified atom stereocenters. The van der Waals surface area contributed by atoms with Crippen LogP contribution >= 0.6 is 7.53 Å². The van der Waals surface area contributed by atoms with E-state index in [1.165, 1.54) is 32.8 Å². The lowest BCUT2D eigenvalue weighted by molar-refractivity contribution is 1.38. The molecule has 0 N–H and O–H groups in total. The molecule has 3 aromatic carbocycles. The minimum Gasteiger partial charge on any atom is -0.0622 e. The maximum Gasteiger partial charge on any atom is 0.156 e. The highest BCUT2D eigenvalue weighted by atomic mass is 31.1. The lowest BCUT2D eigenvalue weighted by Gasteiger charge is -2.09. The molecule has 0 aliphatic rings. The molecule has 0 amide bonds. The number of hydrogen-bond acceptors (Lipinski definition) is 0. The Morgan fingerprint density at radius 1 is 0.500 bits per heavy atom. The van der Waals surface area contributed by atoms with E-state index in [1.807, 2.05) is 0 Å². The molecule has 1 heterocycles. The molecule has 0 nitrogen and oxygen atoms in total. The van der Waals surface area contributed by atoms with Gasteiger partial charge in [0.05, 0.1) is 0 Å². The lowest BCUT2D eigenvalue weighted by Crippen LogP contribution is -1.86. The molecular formula is C25H22P+. The summed E-state index contributed by atoms with van der Waals surface area (Å²) in [5, 5.41) is 2.95. The standard InChI is InChI=1S/C25H22P/c1-2-26-24(21-14-8-4-9-15-21)18-23(20-12-6-3-7-13-20)19-25(26)22-16-10-5-11-17-22/h3-19H,2H2,1H3/q+1. The summed E-state index contributed by atoms with van der Waals surface area (Å²) in [7, 11) is -0.365. The molecule has 0 aliphatic heterocycles. The summed E-state index contributed by atoms with van der Waals surface area (Å²) < 4.78 is 0. The van der Waals surface area contributed by atoms with Crippen molar-refractivity contribution in [2.45, 2.75) is 13.1 Å². The molecular weight excluding hydrogens is 331 g/mol.